The molecule has 0 saturated carbocycles. The number of carbonyl (C=O) groups is 1. The fourth-order valence-corrected chi connectivity index (χ4v) is 0.992. The second-order valence-electron chi connectivity index (χ2n) is 3.30. The first-order valence-corrected chi connectivity index (χ1v) is 4.39. The van der Waals surface area contributed by atoms with Crippen LogP contribution in [0.3, 0.4) is 0 Å². The second-order valence-corrected chi connectivity index (χ2v) is 3.30. The number of rotatable bonds is 3. The van der Waals surface area contributed by atoms with Gasteiger partial charge >= 0.3 is 0 Å². The van der Waals surface area contributed by atoms with E-state index in [-0.39, 0.29) is 18.1 Å². The van der Waals surface area contributed by atoms with Crippen molar-refractivity contribution in [3.05, 3.63) is 29.8 Å². The van der Waals surface area contributed by atoms with E-state index in [2.05, 4.69) is 5.32 Å². The predicted molar refractivity (Wildman–Crippen MR) is 53.5 cm³/mol. The number of nitrogens with one attached hydrogen (secondary N) is 1. The van der Waals surface area contributed by atoms with Crippen LogP contribution in [0.4, 0.5) is 14.5 Å². The topological polar surface area (TPSA) is 32.3 Å². The van der Waals surface area contributed by atoms with E-state index < -0.39 is 11.6 Å². The summed E-state index contributed by atoms with van der Waals surface area (Å²) in [6.45, 7) is 0.00981. The number of likely N-dealkylation sites (N-methyl/N-ethyl adjacent to an activating group) is 1. The molecule has 1 aromatic carbocycles. The first kappa shape index (κ1) is 11.4. The molecule has 1 rings (SSSR count). The van der Waals surface area contributed by atoms with Crippen LogP contribution < -0.4 is 5.32 Å². The molecule has 0 atom stereocenters. The van der Waals surface area contributed by atoms with Gasteiger partial charge in [-0.1, -0.05) is 0 Å². The quantitative estimate of drug-likeness (QED) is 0.826. The van der Waals surface area contributed by atoms with Crippen molar-refractivity contribution >= 4 is 11.6 Å². The van der Waals surface area contributed by atoms with Crippen molar-refractivity contribution in [1.29, 1.82) is 0 Å². The molecule has 0 spiro atoms. The summed E-state index contributed by atoms with van der Waals surface area (Å²) in [6.07, 6.45) is 0. The zero-order valence-corrected chi connectivity index (χ0v) is 8.55. The third-order valence-electron chi connectivity index (χ3n) is 1.81. The van der Waals surface area contributed by atoms with E-state index >= 15 is 0 Å². The molecule has 0 saturated heterocycles. The Morgan fingerprint density at radius 1 is 1.27 bits per heavy atom. The number of hydrogen-bond donors (Lipinski definition) is 1. The van der Waals surface area contributed by atoms with E-state index in [1.54, 1.807) is 14.1 Å². The number of benzene rings is 1. The van der Waals surface area contributed by atoms with E-state index in [0.717, 1.165) is 18.2 Å². The largest absolute Gasteiger partial charge is 0.376 e. The maximum atomic E-state index is 12.7. The van der Waals surface area contributed by atoms with Gasteiger partial charge < -0.3 is 10.2 Å². The number of nitrogens with zero attached hydrogens (tertiary/aromatic N) is 1. The van der Waals surface area contributed by atoms with Gasteiger partial charge in [0.05, 0.1) is 6.54 Å². The Bertz CT molecular complexity index is 346. The number of hydrogen-bond acceptors (Lipinski definition) is 2. The highest BCUT2D eigenvalue weighted by atomic mass is 19.1. The van der Waals surface area contributed by atoms with Gasteiger partial charge in [0.1, 0.15) is 11.6 Å². The lowest BCUT2D eigenvalue weighted by atomic mass is 10.3. The zero-order chi connectivity index (χ0) is 11.4. The standard InChI is InChI=1S/C10H12F2N2O/c1-14(2)10(15)6-13-9-4-7(11)3-8(12)5-9/h3-5,13H,6H2,1-2H3. The average Bonchev–Trinajstić information content (AvgIpc) is 2.12. The van der Waals surface area contributed by atoms with Crippen LogP contribution in [-0.2, 0) is 4.79 Å². The van der Waals surface area contributed by atoms with Crippen molar-refractivity contribution < 1.29 is 13.6 Å². The molecule has 0 aliphatic carbocycles. The zero-order valence-electron chi connectivity index (χ0n) is 8.55. The molecule has 5 heteroatoms. The van der Waals surface area contributed by atoms with E-state index in [0.29, 0.717) is 0 Å². The summed E-state index contributed by atoms with van der Waals surface area (Å²) in [4.78, 5) is 12.6. The van der Waals surface area contributed by atoms with Crippen molar-refractivity contribution in [2.75, 3.05) is 26.0 Å². The number of anilines is 1. The molecular formula is C10H12F2N2O. The summed E-state index contributed by atoms with van der Waals surface area (Å²) in [5.41, 5.74) is 0.253. The Labute approximate surface area is 86.7 Å². The SMILES string of the molecule is CN(C)C(=O)CNc1cc(F)cc(F)c1. The van der Waals surface area contributed by atoms with Gasteiger partial charge in [-0.15, -0.1) is 0 Å². The van der Waals surface area contributed by atoms with Crippen LogP contribution in [0.2, 0.25) is 0 Å². The fraction of sp³-hybridized carbons (Fsp3) is 0.300. The van der Waals surface area contributed by atoms with Crippen LogP contribution in [0.15, 0.2) is 18.2 Å². The number of amides is 1. The van der Waals surface area contributed by atoms with E-state index in [9.17, 15) is 13.6 Å². The van der Waals surface area contributed by atoms with Gasteiger partial charge in [-0.2, -0.15) is 0 Å². The van der Waals surface area contributed by atoms with Crippen LogP contribution in [0, 0.1) is 11.6 Å². The minimum absolute atomic E-state index is 0.00981. The molecule has 0 radical (unpaired) electrons. The van der Waals surface area contributed by atoms with Gasteiger partial charge in [-0.05, 0) is 12.1 Å². The van der Waals surface area contributed by atoms with Crippen LogP contribution in [0.1, 0.15) is 0 Å². The molecule has 0 aliphatic heterocycles. The van der Waals surface area contributed by atoms with E-state index in [1.165, 1.54) is 4.90 Å². The lowest BCUT2D eigenvalue weighted by molar-refractivity contribution is -0.126. The highest BCUT2D eigenvalue weighted by Gasteiger charge is 2.04. The average molecular weight is 214 g/mol. The fourth-order valence-electron chi connectivity index (χ4n) is 0.992. The summed E-state index contributed by atoms with van der Waals surface area (Å²) in [5, 5.41) is 2.64. The van der Waals surface area contributed by atoms with Gasteiger partial charge in [-0.25, -0.2) is 8.78 Å². The molecule has 0 aromatic heterocycles. The first-order chi connectivity index (χ1) is 6.99. The monoisotopic (exact) mass is 214 g/mol. The third-order valence-corrected chi connectivity index (χ3v) is 1.81. The molecular weight excluding hydrogens is 202 g/mol. The van der Waals surface area contributed by atoms with E-state index in [1.807, 2.05) is 0 Å². The molecule has 3 nitrogen and oxygen atoms in total. The van der Waals surface area contributed by atoms with Gasteiger partial charge in [-0.3, -0.25) is 4.79 Å². The second kappa shape index (κ2) is 4.72. The Kier molecular flexibility index (Phi) is 3.60. The van der Waals surface area contributed by atoms with Crippen molar-refractivity contribution in [3.8, 4) is 0 Å². The number of halogens is 2. The predicted octanol–water partition coefficient (Wildman–Crippen LogP) is 1.46. The lowest BCUT2D eigenvalue weighted by Crippen LogP contribution is -2.28. The smallest absolute Gasteiger partial charge is 0.241 e. The van der Waals surface area contributed by atoms with Crippen LogP contribution >= 0.6 is 0 Å². The normalized spacial score (nSPS) is 9.87. The van der Waals surface area contributed by atoms with Crippen LogP contribution in [-0.4, -0.2) is 31.4 Å². The molecule has 0 aliphatic rings. The van der Waals surface area contributed by atoms with Crippen molar-refractivity contribution in [1.82, 2.24) is 4.90 Å². The summed E-state index contributed by atoms with van der Waals surface area (Å²) in [5.74, 6) is -1.51. The maximum absolute atomic E-state index is 12.7. The van der Waals surface area contributed by atoms with Crippen molar-refractivity contribution in [2.45, 2.75) is 0 Å². The maximum Gasteiger partial charge on any atom is 0.241 e. The summed E-state index contributed by atoms with van der Waals surface area (Å²) >= 11 is 0. The van der Waals surface area contributed by atoms with Gasteiger partial charge in [0.2, 0.25) is 5.91 Å². The summed E-state index contributed by atoms with van der Waals surface area (Å²) in [6, 6.07) is 3.04. The minimum atomic E-state index is -0.671. The van der Waals surface area contributed by atoms with Crippen LogP contribution in [0.25, 0.3) is 0 Å². The lowest BCUT2D eigenvalue weighted by Gasteiger charge is -2.11. The highest BCUT2D eigenvalue weighted by molar-refractivity contribution is 5.80. The molecule has 15 heavy (non-hydrogen) atoms. The number of carbonyl (C=O) groups excluding carboxylic acids is 1. The van der Waals surface area contributed by atoms with Crippen molar-refractivity contribution in [2.24, 2.45) is 0 Å². The minimum Gasteiger partial charge on any atom is -0.376 e. The Balaban J connectivity index is 2.61. The molecule has 0 fully saturated rings. The molecule has 1 aromatic rings. The Hall–Kier alpha value is -1.65. The Morgan fingerprint density at radius 2 is 1.80 bits per heavy atom. The summed E-state index contributed by atoms with van der Waals surface area (Å²) in [7, 11) is 3.21. The first-order valence-electron chi connectivity index (χ1n) is 4.39. The highest BCUT2D eigenvalue weighted by Crippen LogP contribution is 2.12. The molecule has 0 heterocycles. The van der Waals surface area contributed by atoms with Gasteiger partial charge in [0, 0.05) is 25.8 Å². The van der Waals surface area contributed by atoms with Gasteiger partial charge in [0.15, 0.2) is 0 Å². The van der Waals surface area contributed by atoms with Gasteiger partial charge in [0.25, 0.3) is 0 Å². The molecule has 0 bridgehead atoms. The third kappa shape index (κ3) is 3.53. The van der Waals surface area contributed by atoms with Crippen molar-refractivity contribution in [3.63, 3.8) is 0 Å². The molecule has 82 valence electrons. The molecule has 1 amide bonds. The van der Waals surface area contributed by atoms with Crippen LogP contribution in [0.5, 0.6) is 0 Å². The van der Waals surface area contributed by atoms with E-state index in [4.69, 9.17) is 0 Å². The molecule has 0 unspecified atom stereocenters. The Morgan fingerprint density at radius 3 is 2.27 bits per heavy atom. The molecule has 1 N–H and O–H groups in total. The summed E-state index contributed by atoms with van der Waals surface area (Å²) < 4.78 is 25.5.